The highest BCUT2D eigenvalue weighted by Crippen LogP contribution is 2.43. The van der Waals surface area contributed by atoms with Gasteiger partial charge in [0.1, 0.15) is 11.3 Å². The van der Waals surface area contributed by atoms with Crippen molar-refractivity contribution in [3.05, 3.63) is 65.7 Å². The molecule has 1 unspecified atom stereocenters. The summed E-state index contributed by atoms with van der Waals surface area (Å²) >= 11 is 0. The predicted molar refractivity (Wildman–Crippen MR) is 105 cm³/mol. The van der Waals surface area contributed by atoms with Gasteiger partial charge in [-0.25, -0.2) is 0 Å². The molecule has 0 bridgehead atoms. The van der Waals surface area contributed by atoms with Crippen molar-refractivity contribution in [1.29, 1.82) is 0 Å². The maximum absolute atomic E-state index is 13.8. The third-order valence-corrected chi connectivity index (χ3v) is 4.62. The summed E-state index contributed by atoms with van der Waals surface area (Å²) in [5.74, 6) is -1.77. The number of hydrogen-bond acceptors (Lipinski definition) is 7. The number of benzene rings is 2. The van der Waals surface area contributed by atoms with Gasteiger partial charge in [0, 0.05) is 18.2 Å². The Labute approximate surface area is 178 Å². The van der Waals surface area contributed by atoms with Crippen LogP contribution in [0.5, 0.6) is 0 Å². The lowest BCUT2D eigenvalue weighted by Crippen LogP contribution is -2.25. The lowest BCUT2D eigenvalue weighted by molar-refractivity contribution is -0.137. The Balaban J connectivity index is 1.69. The number of aromatic nitrogens is 3. The molecule has 0 aliphatic rings. The van der Waals surface area contributed by atoms with E-state index in [4.69, 9.17) is 9.05 Å². The van der Waals surface area contributed by atoms with E-state index in [0.717, 1.165) is 0 Å². The van der Waals surface area contributed by atoms with Crippen molar-refractivity contribution in [1.82, 2.24) is 20.6 Å². The van der Waals surface area contributed by atoms with Crippen LogP contribution in [0.15, 0.2) is 63.6 Å². The Morgan fingerprint density at radius 1 is 1.00 bits per heavy atom. The van der Waals surface area contributed by atoms with E-state index in [1.165, 1.54) is 43.4 Å². The quantitative estimate of drug-likeness (QED) is 0.480. The molecule has 2 N–H and O–H groups in total. The lowest BCUT2D eigenvalue weighted by Gasteiger charge is -2.09. The van der Waals surface area contributed by atoms with Crippen molar-refractivity contribution in [3.63, 3.8) is 0 Å². The van der Waals surface area contributed by atoms with Gasteiger partial charge in [0.15, 0.2) is 6.10 Å². The van der Waals surface area contributed by atoms with E-state index in [2.05, 4.69) is 20.6 Å². The molecule has 0 aliphatic carbocycles. The molecule has 0 saturated carbocycles. The first kappa shape index (κ1) is 21.2. The molecule has 0 saturated heterocycles. The highest BCUT2D eigenvalue weighted by atomic mass is 19.4. The third-order valence-electron chi connectivity index (χ3n) is 4.62. The van der Waals surface area contributed by atoms with Gasteiger partial charge in [0.25, 0.3) is 11.8 Å². The fourth-order valence-electron chi connectivity index (χ4n) is 3.03. The van der Waals surface area contributed by atoms with Gasteiger partial charge < -0.3 is 19.5 Å². The number of nitrogens with zero attached hydrogens (tertiary/aromatic N) is 3. The van der Waals surface area contributed by atoms with Crippen molar-refractivity contribution in [3.8, 4) is 34.3 Å². The van der Waals surface area contributed by atoms with Crippen molar-refractivity contribution in [2.75, 3.05) is 7.05 Å². The van der Waals surface area contributed by atoms with Gasteiger partial charge in [-0.05, 0) is 5.56 Å². The summed E-state index contributed by atoms with van der Waals surface area (Å²) in [6.07, 6.45) is -6.15. The minimum Gasteiger partial charge on any atom is -0.378 e. The van der Waals surface area contributed by atoms with Gasteiger partial charge >= 0.3 is 6.18 Å². The van der Waals surface area contributed by atoms with E-state index in [-0.39, 0.29) is 17.1 Å². The molecule has 0 spiro atoms. The second-order valence-corrected chi connectivity index (χ2v) is 6.66. The zero-order valence-corrected chi connectivity index (χ0v) is 16.4. The van der Waals surface area contributed by atoms with Gasteiger partial charge in [-0.15, -0.1) is 0 Å². The number of amides is 1. The molecule has 4 aromatic rings. The SMILES string of the molecule is CNC(=O)C(O)c1ccc(-c2noc(-c3onc(-c4ccccc4)c3C(F)(F)F)n2)cc1. The van der Waals surface area contributed by atoms with E-state index in [1.54, 1.807) is 18.2 Å². The van der Waals surface area contributed by atoms with Gasteiger partial charge in [0.2, 0.25) is 11.6 Å². The molecule has 8 nitrogen and oxygen atoms in total. The second kappa shape index (κ2) is 8.27. The van der Waals surface area contributed by atoms with Crippen LogP contribution in [0.25, 0.3) is 34.3 Å². The maximum Gasteiger partial charge on any atom is 0.422 e. The monoisotopic (exact) mass is 444 g/mol. The Hall–Kier alpha value is -3.99. The number of nitrogens with one attached hydrogen (secondary N) is 1. The molecule has 2 aromatic heterocycles. The van der Waals surface area contributed by atoms with E-state index in [1.807, 2.05) is 0 Å². The first-order chi connectivity index (χ1) is 15.3. The number of aliphatic hydroxyl groups excluding tert-OH is 1. The number of carbonyl (C=O) groups is 1. The highest BCUT2D eigenvalue weighted by Gasteiger charge is 2.42. The number of halogens is 3. The summed E-state index contributed by atoms with van der Waals surface area (Å²) in [7, 11) is 1.39. The van der Waals surface area contributed by atoms with Gasteiger partial charge in [-0.2, -0.15) is 18.2 Å². The Kier molecular flexibility index (Phi) is 5.49. The molecule has 2 heterocycles. The third kappa shape index (κ3) is 3.97. The Bertz CT molecular complexity index is 1230. The van der Waals surface area contributed by atoms with Crippen molar-refractivity contribution < 1.29 is 32.1 Å². The van der Waals surface area contributed by atoms with Gasteiger partial charge in [-0.1, -0.05) is 64.9 Å². The van der Waals surface area contributed by atoms with Crippen LogP contribution in [0.1, 0.15) is 17.2 Å². The van der Waals surface area contributed by atoms with Gasteiger partial charge in [-0.3, -0.25) is 4.79 Å². The summed E-state index contributed by atoms with van der Waals surface area (Å²) in [6, 6.07) is 13.7. The molecule has 164 valence electrons. The van der Waals surface area contributed by atoms with Crippen molar-refractivity contribution in [2.24, 2.45) is 0 Å². The molecule has 0 radical (unpaired) electrons. The predicted octanol–water partition coefficient (Wildman–Crippen LogP) is 3.86. The minimum atomic E-state index is -4.78. The fraction of sp³-hybridized carbons (Fsp3) is 0.143. The van der Waals surface area contributed by atoms with Crippen LogP contribution in [-0.2, 0) is 11.0 Å². The zero-order valence-electron chi connectivity index (χ0n) is 16.4. The highest BCUT2D eigenvalue weighted by molar-refractivity contribution is 5.81. The fourth-order valence-corrected chi connectivity index (χ4v) is 3.03. The van der Waals surface area contributed by atoms with E-state index < -0.39 is 35.4 Å². The Morgan fingerprint density at radius 2 is 1.69 bits per heavy atom. The lowest BCUT2D eigenvalue weighted by atomic mass is 10.1. The summed E-state index contributed by atoms with van der Waals surface area (Å²) in [6.45, 7) is 0. The van der Waals surface area contributed by atoms with Crippen LogP contribution in [0.3, 0.4) is 0 Å². The van der Waals surface area contributed by atoms with Gasteiger partial charge in [0.05, 0.1) is 0 Å². The van der Waals surface area contributed by atoms with E-state index in [9.17, 15) is 23.1 Å². The number of likely N-dealkylation sites (N-methyl/N-ethyl adjacent to an activating group) is 1. The largest absolute Gasteiger partial charge is 0.422 e. The normalized spacial score (nSPS) is 12.5. The van der Waals surface area contributed by atoms with Crippen LogP contribution in [0.2, 0.25) is 0 Å². The van der Waals surface area contributed by atoms with Crippen LogP contribution in [0.4, 0.5) is 13.2 Å². The van der Waals surface area contributed by atoms with E-state index in [0.29, 0.717) is 11.1 Å². The summed E-state index contributed by atoms with van der Waals surface area (Å²) in [5, 5.41) is 19.5. The minimum absolute atomic E-state index is 0.00762. The number of aliphatic hydroxyl groups is 1. The molecular weight excluding hydrogens is 429 g/mol. The molecule has 1 amide bonds. The molecule has 0 fully saturated rings. The summed E-state index contributed by atoms with van der Waals surface area (Å²) in [5.41, 5.74) is -0.578. The first-order valence-electron chi connectivity index (χ1n) is 9.26. The second-order valence-electron chi connectivity index (χ2n) is 6.66. The topological polar surface area (TPSA) is 114 Å². The van der Waals surface area contributed by atoms with Crippen LogP contribution in [-0.4, -0.2) is 33.4 Å². The van der Waals surface area contributed by atoms with Crippen LogP contribution in [0, 0.1) is 0 Å². The molecule has 4 rings (SSSR count). The first-order valence-corrected chi connectivity index (χ1v) is 9.26. The number of rotatable bonds is 5. The molecule has 1 atom stereocenters. The maximum atomic E-state index is 13.8. The van der Waals surface area contributed by atoms with Crippen molar-refractivity contribution >= 4 is 5.91 Å². The van der Waals surface area contributed by atoms with Crippen LogP contribution < -0.4 is 5.32 Å². The summed E-state index contributed by atoms with van der Waals surface area (Å²) in [4.78, 5) is 15.5. The standard InChI is InChI=1S/C21H15F3N4O4/c1-25-19(30)16(29)12-7-9-13(10-8-12)18-26-20(32-28-18)17-14(21(22,23)24)15(27-31-17)11-5-3-2-4-6-11/h2-10,16,29H,1H3,(H,25,30). The average Bonchev–Trinajstić information content (AvgIpc) is 3.46. The summed E-state index contributed by atoms with van der Waals surface area (Å²) < 4.78 is 51.4. The Morgan fingerprint density at radius 3 is 2.31 bits per heavy atom. The number of carbonyl (C=O) groups excluding carboxylic acids is 1. The smallest absolute Gasteiger partial charge is 0.378 e. The molecular formula is C21H15F3N4O4. The van der Waals surface area contributed by atoms with Crippen molar-refractivity contribution in [2.45, 2.75) is 12.3 Å². The zero-order chi connectivity index (χ0) is 22.9. The number of alkyl halides is 3. The molecule has 11 heteroatoms. The molecule has 2 aromatic carbocycles. The number of hydrogen-bond donors (Lipinski definition) is 2. The molecule has 32 heavy (non-hydrogen) atoms. The van der Waals surface area contributed by atoms with Crippen LogP contribution >= 0.6 is 0 Å². The molecule has 0 aliphatic heterocycles. The average molecular weight is 444 g/mol. The van der Waals surface area contributed by atoms with E-state index >= 15 is 0 Å².